The zero-order valence-corrected chi connectivity index (χ0v) is 36.2. The van der Waals surface area contributed by atoms with Crippen LogP contribution in [0.1, 0.15) is 69.4 Å². The van der Waals surface area contributed by atoms with Crippen molar-refractivity contribution in [2.45, 2.75) is 70.6 Å². The van der Waals surface area contributed by atoms with E-state index in [2.05, 4.69) is 0 Å². The van der Waals surface area contributed by atoms with Crippen molar-refractivity contribution in [1.82, 2.24) is 0 Å². The summed E-state index contributed by atoms with van der Waals surface area (Å²) in [7, 11) is 0. The molecule has 0 saturated heterocycles. The van der Waals surface area contributed by atoms with Gasteiger partial charge < -0.3 is 9.47 Å². The largest absolute Gasteiger partial charge is 0.493 e. The van der Waals surface area contributed by atoms with Crippen LogP contribution in [0, 0.1) is 75.7 Å². The molecule has 0 aliphatic carbocycles. The van der Waals surface area contributed by atoms with E-state index in [0.717, 1.165) is 49.9 Å². The van der Waals surface area contributed by atoms with Crippen molar-refractivity contribution >= 4 is 0 Å². The predicted octanol–water partition coefficient (Wildman–Crippen LogP) is 17.3. The van der Waals surface area contributed by atoms with Gasteiger partial charge in [-0.05, 0) is 102 Å². The van der Waals surface area contributed by atoms with E-state index in [-0.39, 0.29) is 54.9 Å². The third kappa shape index (κ3) is 12.1. The molecule has 0 heterocycles. The van der Waals surface area contributed by atoms with Gasteiger partial charge >= 0.3 is 12.4 Å². The van der Waals surface area contributed by atoms with Gasteiger partial charge in [0.25, 0.3) is 0 Å². The van der Waals surface area contributed by atoms with Crippen LogP contribution in [0.25, 0.3) is 44.5 Å². The fourth-order valence-electron chi connectivity index (χ4n) is 8.07. The summed E-state index contributed by atoms with van der Waals surface area (Å²) < 4.78 is 266. The molecule has 6 rings (SSSR count). The summed E-state index contributed by atoms with van der Waals surface area (Å²) in [5.41, 5.74) is -11.8. The Labute approximate surface area is 387 Å². The number of halogens is 18. The lowest BCUT2D eigenvalue weighted by atomic mass is 9.92. The summed E-state index contributed by atoms with van der Waals surface area (Å²) in [6, 6.07) is 5.22. The first-order valence-electron chi connectivity index (χ1n) is 21.2. The molecule has 0 atom stereocenters. The van der Waals surface area contributed by atoms with Crippen molar-refractivity contribution in [3.05, 3.63) is 154 Å². The number of unbranched alkanes of at least 4 members (excludes halogenated alkanes) is 2. The van der Waals surface area contributed by atoms with Gasteiger partial charge in [-0.1, -0.05) is 32.6 Å². The first-order chi connectivity index (χ1) is 32.9. The molecule has 0 unspecified atom stereocenters. The normalized spacial score (nSPS) is 12.1. The molecule has 0 bridgehead atoms. The van der Waals surface area contributed by atoms with E-state index in [9.17, 15) is 43.9 Å². The average molecular weight is 1010 g/mol. The topological polar surface area (TPSA) is 18.5 Å². The molecule has 0 fully saturated rings. The van der Waals surface area contributed by atoms with Crippen molar-refractivity contribution in [2.75, 3.05) is 13.2 Å². The highest BCUT2D eigenvalue weighted by Gasteiger charge is 2.39. The molecule has 0 spiro atoms. The molecule has 0 aromatic heterocycles. The van der Waals surface area contributed by atoms with Gasteiger partial charge in [0, 0.05) is 24.3 Å². The molecule has 6 aromatic rings. The second-order valence-electron chi connectivity index (χ2n) is 16.1. The molecule has 6 aromatic carbocycles. The van der Waals surface area contributed by atoms with Crippen LogP contribution in [-0.2, 0) is 12.4 Å². The van der Waals surface area contributed by atoms with Crippen LogP contribution in [0.4, 0.5) is 79.0 Å². The van der Waals surface area contributed by atoms with Crippen LogP contribution >= 0.6 is 0 Å². The van der Waals surface area contributed by atoms with E-state index in [4.69, 9.17) is 9.47 Å². The van der Waals surface area contributed by atoms with E-state index < -0.39 is 138 Å². The zero-order valence-electron chi connectivity index (χ0n) is 36.2. The van der Waals surface area contributed by atoms with Crippen LogP contribution in [0.3, 0.4) is 0 Å². The van der Waals surface area contributed by atoms with E-state index in [1.165, 1.54) is 0 Å². The molecule has 0 saturated carbocycles. The van der Waals surface area contributed by atoms with Gasteiger partial charge in [-0.15, -0.1) is 0 Å². The van der Waals surface area contributed by atoms with Gasteiger partial charge in [0.2, 0.25) is 0 Å². The van der Waals surface area contributed by atoms with Gasteiger partial charge in [0.15, 0.2) is 0 Å². The average Bonchev–Trinajstić information content (AvgIpc) is 3.21. The van der Waals surface area contributed by atoms with Crippen LogP contribution in [0.5, 0.6) is 11.5 Å². The van der Waals surface area contributed by atoms with Crippen molar-refractivity contribution in [2.24, 2.45) is 5.92 Å². The second-order valence-corrected chi connectivity index (χ2v) is 16.1. The lowest BCUT2D eigenvalue weighted by Crippen LogP contribution is -2.11. The van der Waals surface area contributed by atoms with Gasteiger partial charge in [-0.2, -0.15) is 26.3 Å². The van der Waals surface area contributed by atoms with Crippen LogP contribution in [-0.4, -0.2) is 13.2 Å². The quantitative estimate of drug-likeness (QED) is 0.0631. The number of hydrogen-bond donors (Lipinski definition) is 0. The van der Waals surface area contributed by atoms with Crippen molar-refractivity contribution in [3.8, 4) is 56.0 Å². The number of alkyl halides is 6. The smallest absolute Gasteiger partial charge is 0.422 e. The van der Waals surface area contributed by atoms with Gasteiger partial charge in [0.05, 0.1) is 35.5 Å². The summed E-state index contributed by atoms with van der Waals surface area (Å²) >= 11 is 0. The summed E-state index contributed by atoms with van der Waals surface area (Å²) in [4.78, 5) is 0. The minimum absolute atomic E-state index is 0.0232. The minimum Gasteiger partial charge on any atom is -0.493 e. The Morgan fingerprint density at radius 3 is 0.829 bits per heavy atom. The van der Waals surface area contributed by atoms with Crippen molar-refractivity contribution < 1.29 is 88.5 Å². The van der Waals surface area contributed by atoms with Gasteiger partial charge in [0.1, 0.15) is 92.4 Å². The zero-order chi connectivity index (χ0) is 51.4. The van der Waals surface area contributed by atoms with E-state index in [1.807, 2.05) is 6.92 Å². The first-order valence-corrected chi connectivity index (χ1v) is 21.2. The maximum Gasteiger partial charge on any atom is 0.422 e. The number of rotatable bonds is 18. The Kier molecular flexibility index (Phi) is 16.5. The minimum atomic E-state index is -5.44. The molecule has 20 heteroatoms. The Morgan fingerprint density at radius 1 is 0.343 bits per heavy atom. The van der Waals surface area contributed by atoms with Crippen molar-refractivity contribution in [1.29, 1.82) is 0 Å². The van der Waals surface area contributed by atoms with Crippen LogP contribution in [0.15, 0.2) is 72.8 Å². The highest BCUT2D eigenvalue weighted by Crippen LogP contribution is 2.41. The number of ether oxygens (including phenoxy) is 2. The summed E-state index contributed by atoms with van der Waals surface area (Å²) in [6.45, 7) is 2.03. The van der Waals surface area contributed by atoms with Crippen LogP contribution in [0.2, 0.25) is 0 Å². The van der Waals surface area contributed by atoms with Crippen molar-refractivity contribution in [3.63, 3.8) is 0 Å². The van der Waals surface area contributed by atoms with E-state index >= 15 is 35.1 Å². The lowest BCUT2D eigenvalue weighted by Gasteiger charge is -2.17. The molecule has 0 aliphatic heterocycles. The fraction of sp³-hybridized carbons (Fsp3) is 0.280. The molecular formula is C50H36F18O2. The SMILES string of the molecule is CCCC(CCCCOc1cc(F)c(-c2cc(F)c(-c3cc(F)c(C(F)(F)F)c(F)c3)c(F)c2)c(F)c1)CCCCOc1cc(F)c(-c2cc(F)c(-c3cc(F)c(C(F)(F)F)c(F)c3)c(F)c2)c(F)c1. The number of hydrogen-bond acceptors (Lipinski definition) is 2. The van der Waals surface area contributed by atoms with E-state index in [0.29, 0.717) is 49.9 Å². The molecule has 0 radical (unpaired) electrons. The van der Waals surface area contributed by atoms with E-state index in [1.54, 1.807) is 0 Å². The molecule has 0 amide bonds. The highest BCUT2D eigenvalue weighted by molar-refractivity contribution is 5.74. The fourth-order valence-corrected chi connectivity index (χ4v) is 8.07. The van der Waals surface area contributed by atoms with Gasteiger partial charge in [-0.25, -0.2) is 52.7 Å². The molecule has 70 heavy (non-hydrogen) atoms. The Balaban J connectivity index is 0.976. The Morgan fingerprint density at radius 2 is 0.586 bits per heavy atom. The lowest BCUT2D eigenvalue weighted by molar-refractivity contribution is -0.143. The molecule has 0 aliphatic rings. The Hall–Kier alpha value is -6.34. The van der Waals surface area contributed by atoms with Crippen LogP contribution < -0.4 is 9.47 Å². The first kappa shape index (κ1) is 53.0. The summed E-state index contributed by atoms with van der Waals surface area (Å²) in [5, 5.41) is 0. The monoisotopic (exact) mass is 1010 g/mol. The molecule has 0 N–H and O–H groups in total. The third-order valence-corrected chi connectivity index (χ3v) is 11.2. The maximum absolute atomic E-state index is 15.2. The molecule has 374 valence electrons. The third-order valence-electron chi connectivity index (χ3n) is 11.2. The second kappa shape index (κ2) is 21.7. The van der Waals surface area contributed by atoms with Gasteiger partial charge in [-0.3, -0.25) is 0 Å². The molecule has 2 nitrogen and oxygen atoms in total. The standard InChI is InChI=1S/C50H36F18O2/c1-2-7-24(8-3-5-10-69-29-20-35(55)45(36(56)21-29)25-12-31(51)43(32(52)13-25)27-16-39(59)47(40(60)17-27)49(63,64)65)9-4-6-11-70-30-22-37(57)46(38(58)23-30)26-14-33(53)44(34(54)15-26)28-18-41(61)48(42(62)19-28)50(66,67)68/h12-24H,2-11H2,1H3. The summed E-state index contributed by atoms with van der Waals surface area (Å²) in [5.74, 6) is -20.2. The number of benzene rings is 6. The maximum atomic E-state index is 15.2. The highest BCUT2D eigenvalue weighted by atomic mass is 19.4. The Bertz CT molecular complexity index is 2540. The summed E-state index contributed by atoms with van der Waals surface area (Å²) in [6.07, 6.45) is -5.55. The predicted molar refractivity (Wildman–Crippen MR) is 221 cm³/mol. The molecular weight excluding hydrogens is 975 g/mol.